The van der Waals surface area contributed by atoms with Crippen LogP contribution in [-0.4, -0.2) is 39.9 Å². The summed E-state index contributed by atoms with van der Waals surface area (Å²) in [6.07, 6.45) is 0. The highest BCUT2D eigenvalue weighted by molar-refractivity contribution is 7.20. The lowest BCUT2D eigenvalue weighted by molar-refractivity contribution is 0.664. The molecule has 16 bridgehead atoms. The highest BCUT2D eigenvalue weighted by Gasteiger charge is 2.13. The van der Waals surface area contributed by atoms with Crippen molar-refractivity contribution in [2.75, 3.05) is 0 Å². The number of fused-ring (bicyclic) bond motifs is 20. The van der Waals surface area contributed by atoms with Gasteiger partial charge in [0.15, 0.2) is 20.0 Å². The molecule has 0 unspecified atom stereocenters. The van der Waals surface area contributed by atoms with Gasteiger partial charge in [-0.05, 0) is 48.5 Å². The molecule has 8 aromatic rings. The molecule has 0 aromatic carbocycles. The predicted octanol–water partition coefficient (Wildman–Crippen LogP) is 7.23. The highest BCUT2D eigenvalue weighted by atomic mass is 32.1. The average molecular weight is 813 g/mol. The van der Waals surface area contributed by atoms with E-state index in [1.807, 2.05) is 72.8 Å². The van der Waals surface area contributed by atoms with Gasteiger partial charge in [-0.2, -0.15) is 0 Å². The molecule has 0 radical (unpaired) electrons. The van der Waals surface area contributed by atoms with E-state index >= 15 is 0 Å². The first kappa shape index (κ1) is 36.6. The van der Waals surface area contributed by atoms with E-state index in [9.17, 15) is 0 Å². The summed E-state index contributed by atoms with van der Waals surface area (Å²) in [5.41, 5.74) is 11.6. The normalized spacial score (nSPS) is 14.3. The third-order valence-corrected chi connectivity index (χ3v) is 12.6. The SMILES string of the molecule is c1cc2nc(c1)-c1cccc(n1)CNCc1cccc(n1)-c1cccc(n1)CNC2.c1sc2nc1CNCc1csc(n1)-c1nc(cs1)CNCc1csc-2n1. The minimum atomic E-state index is 0.661. The number of nitrogens with zero attached hydrogens (tertiary/aromatic N) is 8. The van der Waals surface area contributed by atoms with Crippen molar-refractivity contribution in [1.82, 2.24) is 61.1 Å². The molecular formula is C40H36N12S4. The average Bonchev–Trinajstić information content (AvgIpc) is 4.07. The van der Waals surface area contributed by atoms with Gasteiger partial charge in [0.05, 0.1) is 68.3 Å². The van der Waals surface area contributed by atoms with Crippen molar-refractivity contribution < 1.29 is 0 Å². The standard InChI is InChI=1S/C24H22N6.C16H14N6S4/c1-5-17-13-25-14-19-7-3-11-23(29-19)24-12-4-8-20(30-24)16-26-15-18-6-2-10-22(28-18)21(9-1)27-17;1-9-5-23-13(19-9)14-21-11(7-25-14)3-18-4-12-8-26-16(22-12)15-20-10(2-17-1)6-24-15/h1-12,25-26H,13-16H2;5-8,17-18H,1-4H2. The fraction of sp³-hybridized carbons (Fsp3) is 0.200. The molecule has 12 nitrogen and oxygen atoms in total. The fourth-order valence-corrected chi connectivity index (χ4v) is 9.48. The lowest BCUT2D eigenvalue weighted by Crippen LogP contribution is -2.16. The van der Waals surface area contributed by atoms with E-state index in [2.05, 4.69) is 42.8 Å². The third-order valence-electron chi connectivity index (χ3n) is 8.77. The summed E-state index contributed by atoms with van der Waals surface area (Å²) in [6, 6.07) is 24.2. The first-order chi connectivity index (χ1) is 27.7. The van der Waals surface area contributed by atoms with Crippen molar-refractivity contribution in [3.63, 3.8) is 0 Å². The van der Waals surface area contributed by atoms with Gasteiger partial charge in [0.1, 0.15) is 0 Å². The summed E-state index contributed by atoms with van der Waals surface area (Å²) in [5, 5.41) is 26.1. The summed E-state index contributed by atoms with van der Waals surface area (Å²) in [4.78, 5) is 38.0. The van der Waals surface area contributed by atoms with Gasteiger partial charge in [-0.15, -0.1) is 45.3 Å². The Hall–Kier alpha value is -5.04. The first-order valence-corrected chi connectivity index (χ1v) is 21.6. The lowest BCUT2D eigenvalue weighted by atomic mass is 10.2. The Balaban J connectivity index is 0.000000148. The molecule has 16 heteroatoms. The Bertz CT molecular complexity index is 2210. The molecule has 0 saturated carbocycles. The monoisotopic (exact) mass is 812 g/mol. The van der Waals surface area contributed by atoms with Crippen LogP contribution in [-0.2, 0) is 52.4 Å². The molecule has 2 aliphatic heterocycles. The molecule has 10 rings (SSSR count). The molecule has 0 saturated heterocycles. The molecule has 10 heterocycles. The van der Waals surface area contributed by atoms with Gasteiger partial charge in [0, 0.05) is 73.9 Å². The Morgan fingerprint density at radius 3 is 0.768 bits per heavy atom. The van der Waals surface area contributed by atoms with Gasteiger partial charge in [0.25, 0.3) is 0 Å². The Labute approximate surface area is 339 Å². The van der Waals surface area contributed by atoms with Gasteiger partial charge in [-0.25, -0.2) is 39.9 Å². The number of hydrogen-bond acceptors (Lipinski definition) is 16. The van der Waals surface area contributed by atoms with E-state index < -0.39 is 0 Å². The van der Waals surface area contributed by atoms with Crippen molar-refractivity contribution in [1.29, 1.82) is 0 Å². The maximum atomic E-state index is 4.78. The molecule has 2 aliphatic rings. The molecule has 4 N–H and O–H groups in total. The minimum Gasteiger partial charge on any atom is -0.306 e. The summed E-state index contributed by atoms with van der Waals surface area (Å²) in [5.74, 6) is 0. The second kappa shape index (κ2) is 17.4. The van der Waals surface area contributed by atoms with Gasteiger partial charge in [-0.3, -0.25) is 0 Å². The number of thiazole rings is 4. The van der Waals surface area contributed by atoms with Crippen LogP contribution >= 0.6 is 45.3 Å². The van der Waals surface area contributed by atoms with Crippen LogP contribution in [0.1, 0.15) is 45.6 Å². The van der Waals surface area contributed by atoms with E-state index in [1.54, 1.807) is 45.3 Å². The topological polar surface area (TPSA) is 151 Å². The van der Waals surface area contributed by atoms with Crippen molar-refractivity contribution in [2.45, 2.75) is 52.4 Å². The molecule has 56 heavy (non-hydrogen) atoms. The van der Waals surface area contributed by atoms with Crippen LogP contribution < -0.4 is 21.3 Å². The number of pyridine rings is 4. The quantitative estimate of drug-likeness (QED) is 0.122. The van der Waals surface area contributed by atoms with Crippen LogP contribution in [0.4, 0.5) is 0 Å². The van der Waals surface area contributed by atoms with Crippen molar-refractivity contribution >= 4 is 45.3 Å². The van der Waals surface area contributed by atoms with Crippen LogP contribution in [0.3, 0.4) is 0 Å². The Morgan fingerprint density at radius 2 is 0.518 bits per heavy atom. The van der Waals surface area contributed by atoms with Crippen molar-refractivity contribution in [3.05, 3.63) is 140 Å². The molecule has 0 aliphatic carbocycles. The lowest BCUT2D eigenvalue weighted by Gasteiger charge is -2.10. The zero-order chi connectivity index (χ0) is 37.5. The van der Waals surface area contributed by atoms with Crippen LogP contribution in [0.2, 0.25) is 0 Å². The van der Waals surface area contributed by atoms with Crippen LogP contribution in [0.15, 0.2) is 94.3 Å². The zero-order valence-electron chi connectivity index (χ0n) is 30.1. The number of aromatic nitrogens is 8. The van der Waals surface area contributed by atoms with Gasteiger partial charge < -0.3 is 21.3 Å². The molecule has 0 fully saturated rings. The predicted molar refractivity (Wildman–Crippen MR) is 224 cm³/mol. The maximum absolute atomic E-state index is 4.78. The summed E-state index contributed by atoms with van der Waals surface area (Å²) in [6.45, 7) is 5.55. The highest BCUT2D eigenvalue weighted by Crippen LogP contribution is 2.29. The van der Waals surface area contributed by atoms with E-state index in [0.717, 1.165) is 115 Å². The third kappa shape index (κ3) is 9.15. The van der Waals surface area contributed by atoms with Gasteiger partial charge in [0.2, 0.25) is 0 Å². The smallest absolute Gasteiger partial charge is 0.152 e. The molecule has 0 atom stereocenters. The summed E-state index contributed by atoms with van der Waals surface area (Å²) in [7, 11) is 0. The van der Waals surface area contributed by atoms with E-state index in [4.69, 9.17) is 39.9 Å². The van der Waals surface area contributed by atoms with Gasteiger partial charge >= 0.3 is 0 Å². The molecule has 8 aromatic heterocycles. The van der Waals surface area contributed by atoms with E-state index in [1.165, 1.54) is 0 Å². The van der Waals surface area contributed by atoms with Crippen LogP contribution in [0.25, 0.3) is 42.8 Å². The zero-order valence-corrected chi connectivity index (χ0v) is 33.4. The second-order valence-electron chi connectivity index (χ2n) is 13.0. The van der Waals surface area contributed by atoms with E-state index in [-0.39, 0.29) is 0 Å². The number of hydrogen-bond donors (Lipinski definition) is 4. The van der Waals surface area contributed by atoms with Crippen molar-refractivity contribution in [3.8, 4) is 42.8 Å². The first-order valence-electron chi connectivity index (χ1n) is 18.1. The number of rotatable bonds is 0. The van der Waals surface area contributed by atoms with E-state index in [0.29, 0.717) is 26.2 Å². The Morgan fingerprint density at radius 1 is 0.286 bits per heavy atom. The van der Waals surface area contributed by atoms with Crippen LogP contribution in [0.5, 0.6) is 0 Å². The molecule has 0 spiro atoms. The maximum Gasteiger partial charge on any atom is 0.152 e. The molecular weight excluding hydrogens is 777 g/mol. The number of nitrogens with one attached hydrogen (secondary N) is 4. The summed E-state index contributed by atoms with van der Waals surface area (Å²) >= 11 is 6.59. The van der Waals surface area contributed by atoms with Crippen molar-refractivity contribution in [2.24, 2.45) is 0 Å². The Kier molecular flexibility index (Phi) is 11.4. The second-order valence-corrected chi connectivity index (χ2v) is 16.5. The fourth-order valence-electron chi connectivity index (χ4n) is 6.10. The largest absolute Gasteiger partial charge is 0.306 e. The minimum absolute atomic E-state index is 0.661. The molecule has 280 valence electrons. The van der Waals surface area contributed by atoms with Crippen LogP contribution in [0, 0.1) is 0 Å². The van der Waals surface area contributed by atoms with Gasteiger partial charge in [-0.1, -0.05) is 24.3 Å². The molecule has 0 amide bonds. The summed E-state index contributed by atoms with van der Waals surface area (Å²) < 4.78 is 0.